The van der Waals surface area contributed by atoms with Gasteiger partial charge in [-0.25, -0.2) is 0 Å². The molecule has 2 aliphatic rings. The molecule has 0 heterocycles. The van der Waals surface area contributed by atoms with Crippen LogP contribution >= 0.6 is 0 Å². The summed E-state index contributed by atoms with van der Waals surface area (Å²) in [4.78, 5) is 11.0. The summed E-state index contributed by atoms with van der Waals surface area (Å²) < 4.78 is 5.49. The maximum Gasteiger partial charge on any atom is 0.304 e. The predicted octanol–water partition coefficient (Wildman–Crippen LogP) is 2.69. The molecule has 0 atom stereocenters. The molecule has 96 valence electrons. The maximum atomic E-state index is 11.0. The van der Waals surface area contributed by atoms with Crippen LogP contribution in [0.15, 0.2) is 12.1 Å². The minimum atomic E-state index is -0.713. The zero-order chi connectivity index (χ0) is 12.8. The Morgan fingerprint density at radius 1 is 1.33 bits per heavy atom. The number of benzene rings is 1. The largest absolute Gasteiger partial charge is 0.496 e. The summed E-state index contributed by atoms with van der Waals surface area (Å²) in [6.45, 7) is 0. The standard InChI is InChI=1S/C15H18O3/c1-18-13-8-11-4-2-3-10(11)7-12(13)15(5-6-15)9-14(16)17/h7-8H,2-6,9H2,1H3,(H,16,17). The quantitative estimate of drug-likeness (QED) is 0.888. The van der Waals surface area contributed by atoms with Crippen LogP contribution in [0.25, 0.3) is 0 Å². The molecular formula is C15H18O3. The third-order valence-corrected chi connectivity index (χ3v) is 4.33. The number of ether oxygens (including phenoxy) is 1. The van der Waals surface area contributed by atoms with E-state index in [0.29, 0.717) is 0 Å². The van der Waals surface area contributed by atoms with Gasteiger partial charge in [0.2, 0.25) is 0 Å². The fraction of sp³-hybridized carbons (Fsp3) is 0.533. The maximum absolute atomic E-state index is 11.0. The number of carbonyl (C=O) groups is 1. The first kappa shape index (κ1) is 11.6. The van der Waals surface area contributed by atoms with Crippen molar-refractivity contribution in [2.75, 3.05) is 7.11 Å². The van der Waals surface area contributed by atoms with Crippen molar-refractivity contribution in [3.63, 3.8) is 0 Å². The summed E-state index contributed by atoms with van der Waals surface area (Å²) in [5.74, 6) is 0.171. The highest BCUT2D eigenvalue weighted by Gasteiger charge is 2.48. The van der Waals surface area contributed by atoms with Gasteiger partial charge < -0.3 is 9.84 Å². The topological polar surface area (TPSA) is 46.5 Å². The Kier molecular flexibility index (Phi) is 2.58. The fourth-order valence-electron chi connectivity index (χ4n) is 3.17. The van der Waals surface area contributed by atoms with Gasteiger partial charge in [-0.1, -0.05) is 6.07 Å². The Hall–Kier alpha value is -1.51. The molecule has 0 aliphatic heterocycles. The van der Waals surface area contributed by atoms with Gasteiger partial charge >= 0.3 is 5.97 Å². The summed E-state index contributed by atoms with van der Waals surface area (Å²) >= 11 is 0. The van der Waals surface area contributed by atoms with E-state index in [0.717, 1.165) is 37.0 Å². The Bertz CT molecular complexity index is 501. The van der Waals surface area contributed by atoms with E-state index >= 15 is 0 Å². The van der Waals surface area contributed by atoms with Gasteiger partial charge in [-0.05, 0) is 49.3 Å². The van der Waals surface area contributed by atoms with Crippen molar-refractivity contribution in [1.82, 2.24) is 0 Å². The number of carboxylic acids is 1. The molecule has 1 saturated carbocycles. The van der Waals surface area contributed by atoms with Crippen LogP contribution in [0.3, 0.4) is 0 Å². The van der Waals surface area contributed by atoms with Crippen molar-refractivity contribution in [2.45, 2.75) is 43.9 Å². The summed E-state index contributed by atoms with van der Waals surface area (Å²) in [5, 5.41) is 9.07. The van der Waals surface area contributed by atoms with Crippen molar-refractivity contribution in [2.24, 2.45) is 0 Å². The van der Waals surface area contributed by atoms with Crippen molar-refractivity contribution >= 4 is 5.97 Å². The van der Waals surface area contributed by atoms with E-state index in [4.69, 9.17) is 9.84 Å². The van der Waals surface area contributed by atoms with Crippen molar-refractivity contribution in [3.05, 3.63) is 28.8 Å². The first-order valence-electron chi connectivity index (χ1n) is 6.57. The molecule has 3 nitrogen and oxygen atoms in total. The smallest absolute Gasteiger partial charge is 0.304 e. The summed E-state index contributed by atoms with van der Waals surface area (Å²) in [7, 11) is 1.68. The molecule has 3 rings (SSSR count). The zero-order valence-corrected chi connectivity index (χ0v) is 10.7. The van der Waals surface area contributed by atoms with Crippen molar-refractivity contribution in [3.8, 4) is 5.75 Å². The van der Waals surface area contributed by atoms with Crippen LogP contribution < -0.4 is 4.74 Å². The van der Waals surface area contributed by atoms with Crippen LogP contribution in [0.5, 0.6) is 5.75 Å². The van der Waals surface area contributed by atoms with Gasteiger partial charge in [0, 0.05) is 11.0 Å². The van der Waals surface area contributed by atoms with Gasteiger partial charge in [-0.2, -0.15) is 0 Å². The summed E-state index contributed by atoms with van der Waals surface area (Å²) in [6, 6.07) is 4.33. The molecule has 0 radical (unpaired) electrons. The Labute approximate surface area is 107 Å². The molecule has 0 unspecified atom stereocenters. The number of fused-ring (bicyclic) bond motifs is 1. The Morgan fingerprint density at radius 3 is 2.56 bits per heavy atom. The van der Waals surface area contributed by atoms with Crippen molar-refractivity contribution in [1.29, 1.82) is 0 Å². The van der Waals surface area contributed by atoms with Gasteiger partial charge in [0.15, 0.2) is 0 Å². The first-order chi connectivity index (χ1) is 8.64. The third kappa shape index (κ3) is 1.78. The molecule has 0 bridgehead atoms. The highest BCUT2D eigenvalue weighted by atomic mass is 16.5. The normalized spacial score (nSPS) is 19.4. The van der Waals surface area contributed by atoms with Gasteiger partial charge in [-0.15, -0.1) is 0 Å². The molecule has 2 aliphatic carbocycles. The van der Waals surface area contributed by atoms with Crippen LogP contribution in [0.2, 0.25) is 0 Å². The van der Waals surface area contributed by atoms with E-state index in [1.807, 2.05) is 0 Å². The highest BCUT2D eigenvalue weighted by Crippen LogP contribution is 2.54. The first-order valence-corrected chi connectivity index (χ1v) is 6.57. The lowest BCUT2D eigenvalue weighted by Crippen LogP contribution is -2.14. The molecule has 0 spiro atoms. The predicted molar refractivity (Wildman–Crippen MR) is 68.2 cm³/mol. The van der Waals surface area contributed by atoms with Gasteiger partial charge in [-0.3, -0.25) is 4.79 Å². The molecule has 18 heavy (non-hydrogen) atoms. The van der Waals surface area contributed by atoms with E-state index in [2.05, 4.69) is 12.1 Å². The van der Waals surface area contributed by atoms with Crippen LogP contribution in [-0.2, 0) is 23.1 Å². The molecule has 1 fully saturated rings. The van der Waals surface area contributed by atoms with Crippen LogP contribution in [0, 0.1) is 0 Å². The van der Waals surface area contributed by atoms with Crippen LogP contribution in [0.1, 0.15) is 42.4 Å². The lowest BCUT2D eigenvalue weighted by molar-refractivity contribution is -0.137. The van der Waals surface area contributed by atoms with Crippen LogP contribution in [-0.4, -0.2) is 18.2 Å². The monoisotopic (exact) mass is 246 g/mol. The van der Waals surface area contributed by atoms with Gasteiger partial charge in [0.25, 0.3) is 0 Å². The van der Waals surface area contributed by atoms with Crippen molar-refractivity contribution < 1.29 is 14.6 Å². The molecule has 0 aromatic heterocycles. The molecule has 1 N–H and O–H groups in total. The average Bonchev–Trinajstić information content (AvgIpc) is 2.96. The minimum Gasteiger partial charge on any atom is -0.496 e. The second-order valence-corrected chi connectivity index (χ2v) is 5.53. The third-order valence-electron chi connectivity index (χ3n) is 4.33. The molecule has 0 amide bonds. The van der Waals surface area contributed by atoms with Gasteiger partial charge in [0.1, 0.15) is 5.75 Å². The second-order valence-electron chi connectivity index (χ2n) is 5.53. The molecule has 0 saturated heterocycles. The van der Waals surface area contributed by atoms with E-state index in [9.17, 15) is 4.79 Å². The number of hydrogen-bond acceptors (Lipinski definition) is 2. The van der Waals surface area contributed by atoms with Gasteiger partial charge in [0.05, 0.1) is 13.5 Å². The Balaban J connectivity index is 2.03. The Morgan fingerprint density at radius 2 is 2.00 bits per heavy atom. The SMILES string of the molecule is COc1cc2c(cc1C1(CC(=O)O)CC1)CCC2. The number of hydrogen-bond donors (Lipinski definition) is 1. The molecule has 1 aromatic carbocycles. The second kappa shape index (κ2) is 4.01. The molecule has 3 heteroatoms. The zero-order valence-electron chi connectivity index (χ0n) is 10.7. The van der Waals surface area contributed by atoms with Crippen LogP contribution in [0.4, 0.5) is 0 Å². The number of methoxy groups -OCH3 is 1. The van der Waals surface area contributed by atoms with E-state index in [1.165, 1.54) is 17.5 Å². The molecular weight excluding hydrogens is 228 g/mol. The number of aliphatic carboxylic acids is 1. The highest BCUT2D eigenvalue weighted by molar-refractivity contribution is 5.71. The minimum absolute atomic E-state index is 0.158. The summed E-state index contributed by atoms with van der Waals surface area (Å²) in [6.07, 6.45) is 5.60. The number of rotatable bonds is 4. The van der Waals surface area contributed by atoms with E-state index in [-0.39, 0.29) is 11.8 Å². The number of aryl methyl sites for hydroxylation is 2. The molecule has 1 aromatic rings. The van der Waals surface area contributed by atoms with E-state index < -0.39 is 5.97 Å². The summed E-state index contributed by atoms with van der Waals surface area (Å²) in [5.41, 5.74) is 3.73. The van der Waals surface area contributed by atoms with E-state index in [1.54, 1.807) is 7.11 Å². The average molecular weight is 246 g/mol. The number of carboxylic acid groups (broad SMARTS) is 1. The lowest BCUT2D eigenvalue weighted by Gasteiger charge is -2.18. The lowest BCUT2D eigenvalue weighted by atomic mass is 9.89. The fourth-order valence-corrected chi connectivity index (χ4v) is 3.17.